The second-order valence-corrected chi connectivity index (χ2v) is 6.63. The summed E-state index contributed by atoms with van der Waals surface area (Å²) in [5, 5.41) is 11.1. The molecule has 0 aromatic carbocycles. The summed E-state index contributed by atoms with van der Waals surface area (Å²) in [6.45, 7) is 2.94. The first-order valence-electron chi connectivity index (χ1n) is 7.50. The molecule has 2 aliphatic carbocycles. The third-order valence-corrected chi connectivity index (χ3v) is 5.70. The molecular weight excluding hydrogens is 226 g/mol. The molecule has 0 aromatic heterocycles. The van der Waals surface area contributed by atoms with Crippen molar-refractivity contribution in [3.05, 3.63) is 0 Å². The van der Waals surface area contributed by atoms with Crippen LogP contribution in [0.1, 0.15) is 58.3 Å². The van der Waals surface area contributed by atoms with Crippen LogP contribution in [0.25, 0.3) is 0 Å². The Kier molecular flexibility index (Phi) is 4.35. The first-order valence-corrected chi connectivity index (χ1v) is 7.50. The molecule has 2 aliphatic rings. The summed E-state index contributed by atoms with van der Waals surface area (Å²) in [4.78, 5) is 0. The molecule has 2 fully saturated rings. The molecule has 3 heteroatoms. The molecule has 3 N–H and O–H groups in total. The number of rotatable bonds is 3. The van der Waals surface area contributed by atoms with Crippen LogP contribution in [0.3, 0.4) is 0 Å². The van der Waals surface area contributed by atoms with E-state index in [1.165, 1.54) is 12.8 Å². The number of ether oxygens (including phenoxy) is 1. The predicted octanol–water partition coefficient (Wildman–Crippen LogP) is 2.46. The Morgan fingerprint density at radius 2 is 1.67 bits per heavy atom. The molecule has 18 heavy (non-hydrogen) atoms. The standard InChI is InChI=1S/C15H29NO2/c1-12-3-7-14(11-16,8-4-12)15(17)9-5-13(18-2)6-10-15/h12-13,17H,3-11,16H2,1-2H3. The fraction of sp³-hybridized carbons (Fsp3) is 1.00. The lowest BCUT2D eigenvalue weighted by molar-refractivity contribution is -0.142. The van der Waals surface area contributed by atoms with Crippen molar-refractivity contribution in [2.45, 2.75) is 70.0 Å². The molecule has 0 spiro atoms. The molecular formula is C15H29NO2. The fourth-order valence-corrected chi connectivity index (χ4v) is 4.01. The van der Waals surface area contributed by atoms with Crippen LogP contribution >= 0.6 is 0 Å². The Morgan fingerprint density at radius 1 is 1.11 bits per heavy atom. The maximum absolute atomic E-state index is 11.1. The van der Waals surface area contributed by atoms with Gasteiger partial charge in [0.15, 0.2) is 0 Å². The third-order valence-electron chi connectivity index (χ3n) is 5.70. The minimum Gasteiger partial charge on any atom is -0.389 e. The van der Waals surface area contributed by atoms with Gasteiger partial charge in [-0.1, -0.05) is 19.8 Å². The van der Waals surface area contributed by atoms with Crippen LogP contribution in [0.2, 0.25) is 0 Å². The van der Waals surface area contributed by atoms with E-state index in [-0.39, 0.29) is 5.41 Å². The fourth-order valence-electron chi connectivity index (χ4n) is 4.01. The maximum atomic E-state index is 11.1. The molecule has 0 unspecified atom stereocenters. The minimum atomic E-state index is -0.545. The van der Waals surface area contributed by atoms with E-state index < -0.39 is 5.60 Å². The zero-order valence-electron chi connectivity index (χ0n) is 12.0. The predicted molar refractivity (Wildman–Crippen MR) is 73.3 cm³/mol. The van der Waals surface area contributed by atoms with E-state index in [0.717, 1.165) is 44.4 Å². The zero-order chi connectivity index (χ0) is 13.2. The summed E-state index contributed by atoms with van der Waals surface area (Å²) >= 11 is 0. The van der Waals surface area contributed by atoms with Crippen molar-refractivity contribution in [2.24, 2.45) is 17.1 Å². The largest absolute Gasteiger partial charge is 0.389 e. The first kappa shape index (κ1) is 14.3. The van der Waals surface area contributed by atoms with Gasteiger partial charge in [0.25, 0.3) is 0 Å². The van der Waals surface area contributed by atoms with Gasteiger partial charge in [-0.3, -0.25) is 0 Å². The van der Waals surface area contributed by atoms with Crippen molar-refractivity contribution in [1.82, 2.24) is 0 Å². The molecule has 2 rings (SSSR count). The summed E-state index contributed by atoms with van der Waals surface area (Å²) in [5.74, 6) is 0.795. The summed E-state index contributed by atoms with van der Waals surface area (Å²) in [7, 11) is 1.77. The average molecular weight is 255 g/mol. The van der Waals surface area contributed by atoms with Gasteiger partial charge in [0.2, 0.25) is 0 Å². The summed E-state index contributed by atoms with van der Waals surface area (Å²) in [6.07, 6.45) is 8.63. The highest BCUT2D eigenvalue weighted by Gasteiger charge is 2.51. The first-order chi connectivity index (χ1) is 8.55. The quantitative estimate of drug-likeness (QED) is 0.814. The molecule has 0 saturated heterocycles. The van der Waals surface area contributed by atoms with Gasteiger partial charge >= 0.3 is 0 Å². The van der Waals surface area contributed by atoms with Crippen LogP contribution in [0.15, 0.2) is 0 Å². The van der Waals surface area contributed by atoms with Crippen molar-refractivity contribution in [3.63, 3.8) is 0 Å². The molecule has 0 heterocycles. The van der Waals surface area contributed by atoms with E-state index in [4.69, 9.17) is 10.5 Å². The molecule has 0 radical (unpaired) electrons. The van der Waals surface area contributed by atoms with Crippen molar-refractivity contribution in [2.75, 3.05) is 13.7 Å². The number of nitrogens with two attached hydrogens (primary N) is 1. The van der Waals surface area contributed by atoms with Gasteiger partial charge in [0.1, 0.15) is 0 Å². The van der Waals surface area contributed by atoms with Crippen molar-refractivity contribution < 1.29 is 9.84 Å². The second kappa shape index (κ2) is 5.48. The van der Waals surface area contributed by atoms with Gasteiger partial charge in [0, 0.05) is 19.1 Å². The number of hydrogen-bond acceptors (Lipinski definition) is 3. The maximum Gasteiger partial charge on any atom is 0.0717 e. The number of methoxy groups -OCH3 is 1. The average Bonchev–Trinajstić information content (AvgIpc) is 2.41. The van der Waals surface area contributed by atoms with Crippen molar-refractivity contribution in [3.8, 4) is 0 Å². The Morgan fingerprint density at radius 3 is 2.11 bits per heavy atom. The molecule has 0 amide bonds. The SMILES string of the molecule is COC1CCC(O)(C2(CN)CCC(C)CC2)CC1. The molecule has 106 valence electrons. The van der Waals surface area contributed by atoms with Crippen LogP contribution in [0.5, 0.6) is 0 Å². The van der Waals surface area contributed by atoms with Gasteiger partial charge in [-0.25, -0.2) is 0 Å². The van der Waals surface area contributed by atoms with Gasteiger partial charge in [-0.05, 0) is 44.4 Å². The highest BCUT2D eigenvalue weighted by molar-refractivity contribution is 5.03. The van der Waals surface area contributed by atoms with E-state index >= 15 is 0 Å². The Bertz CT molecular complexity index is 264. The van der Waals surface area contributed by atoms with Crippen LogP contribution < -0.4 is 5.73 Å². The van der Waals surface area contributed by atoms with Gasteiger partial charge in [0.05, 0.1) is 11.7 Å². The molecule has 0 aromatic rings. The summed E-state index contributed by atoms with van der Waals surface area (Å²) in [6, 6.07) is 0. The van der Waals surface area contributed by atoms with E-state index in [1.807, 2.05) is 0 Å². The molecule has 0 aliphatic heterocycles. The smallest absolute Gasteiger partial charge is 0.0717 e. The van der Waals surface area contributed by atoms with Gasteiger partial charge < -0.3 is 15.6 Å². The van der Waals surface area contributed by atoms with Gasteiger partial charge in [-0.15, -0.1) is 0 Å². The van der Waals surface area contributed by atoms with Crippen LogP contribution in [0.4, 0.5) is 0 Å². The van der Waals surface area contributed by atoms with Crippen molar-refractivity contribution >= 4 is 0 Å². The topological polar surface area (TPSA) is 55.5 Å². The summed E-state index contributed by atoms with van der Waals surface area (Å²) < 4.78 is 5.41. The van der Waals surface area contributed by atoms with E-state index in [2.05, 4.69) is 6.92 Å². The van der Waals surface area contributed by atoms with Crippen LogP contribution in [-0.4, -0.2) is 30.5 Å². The van der Waals surface area contributed by atoms with Gasteiger partial charge in [-0.2, -0.15) is 0 Å². The molecule has 2 saturated carbocycles. The highest BCUT2D eigenvalue weighted by atomic mass is 16.5. The van der Waals surface area contributed by atoms with E-state index in [9.17, 15) is 5.11 Å². The minimum absolute atomic E-state index is 0.0295. The Hall–Kier alpha value is -0.120. The lowest BCUT2D eigenvalue weighted by Crippen LogP contribution is -2.56. The number of hydrogen-bond donors (Lipinski definition) is 2. The Balaban J connectivity index is 2.07. The van der Waals surface area contributed by atoms with Crippen LogP contribution in [0, 0.1) is 11.3 Å². The Labute approximate surface area is 111 Å². The lowest BCUT2D eigenvalue weighted by Gasteiger charge is -2.52. The second-order valence-electron chi connectivity index (χ2n) is 6.63. The molecule has 0 atom stereocenters. The van der Waals surface area contributed by atoms with Crippen molar-refractivity contribution in [1.29, 1.82) is 0 Å². The van der Waals surface area contributed by atoms with Crippen LogP contribution in [-0.2, 0) is 4.74 Å². The third kappa shape index (κ3) is 2.45. The number of aliphatic hydroxyl groups is 1. The summed E-state index contributed by atoms with van der Waals surface area (Å²) in [5.41, 5.74) is 5.50. The lowest BCUT2D eigenvalue weighted by atomic mass is 9.57. The molecule has 3 nitrogen and oxygen atoms in total. The molecule has 0 bridgehead atoms. The monoisotopic (exact) mass is 255 g/mol. The normalized spacial score (nSPS) is 46.0. The highest BCUT2D eigenvalue weighted by Crippen LogP contribution is 2.51. The van der Waals surface area contributed by atoms with E-state index in [0.29, 0.717) is 12.6 Å². The zero-order valence-corrected chi connectivity index (χ0v) is 12.0. The van der Waals surface area contributed by atoms with E-state index in [1.54, 1.807) is 7.11 Å².